The van der Waals surface area contributed by atoms with Crippen LogP contribution in [0.4, 0.5) is 8.78 Å². The van der Waals surface area contributed by atoms with Gasteiger partial charge in [0.05, 0.1) is 5.92 Å². The molecule has 0 aromatic heterocycles. The van der Waals surface area contributed by atoms with Crippen LogP contribution in [0.1, 0.15) is 18.4 Å². The molecule has 1 fully saturated rings. The molecule has 0 unspecified atom stereocenters. The van der Waals surface area contributed by atoms with Gasteiger partial charge in [-0.05, 0) is 30.5 Å². The standard InChI is InChI=1S/C11H10F2O2/c12-9-3-1-2-8(4-9)11(13)5-7(6-11)10(14)15/h1-4,7H,5-6H2,(H,14,15). The third-order valence-electron chi connectivity index (χ3n) is 2.83. The molecular weight excluding hydrogens is 202 g/mol. The molecule has 1 aliphatic carbocycles. The van der Waals surface area contributed by atoms with Gasteiger partial charge < -0.3 is 5.11 Å². The van der Waals surface area contributed by atoms with Crippen molar-refractivity contribution in [3.63, 3.8) is 0 Å². The molecule has 0 atom stereocenters. The van der Waals surface area contributed by atoms with Gasteiger partial charge in [0, 0.05) is 0 Å². The molecule has 0 bridgehead atoms. The normalized spacial score (nSPS) is 29.6. The summed E-state index contributed by atoms with van der Waals surface area (Å²) >= 11 is 0. The average molecular weight is 212 g/mol. The Morgan fingerprint density at radius 1 is 1.47 bits per heavy atom. The van der Waals surface area contributed by atoms with E-state index in [2.05, 4.69) is 0 Å². The SMILES string of the molecule is O=C(O)C1CC(F)(c2cccc(F)c2)C1. The summed E-state index contributed by atoms with van der Waals surface area (Å²) in [5.74, 6) is -2.12. The third kappa shape index (κ3) is 1.71. The number of alkyl halides is 1. The first-order valence-corrected chi connectivity index (χ1v) is 4.69. The first-order chi connectivity index (χ1) is 7.01. The van der Waals surface area contributed by atoms with Crippen LogP contribution in [0.25, 0.3) is 0 Å². The van der Waals surface area contributed by atoms with Crippen LogP contribution < -0.4 is 0 Å². The smallest absolute Gasteiger partial charge is 0.306 e. The Hall–Kier alpha value is -1.45. The molecular formula is C11H10F2O2. The lowest BCUT2D eigenvalue weighted by Crippen LogP contribution is -2.41. The predicted molar refractivity (Wildman–Crippen MR) is 49.5 cm³/mol. The summed E-state index contributed by atoms with van der Waals surface area (Å²) in [6.07, 6.45) is -0.127. The van der Waals surface area contributed by atoms with E-state index in [1.54, 1.807) is 0 Å². The fourth-order valence-corrected chi connectivity index (χ4v) is 1.90. The quantitative estimate of drug-likeness (QED) is 0.817. The maximum atomic E-state index is 14.0. The molecule has 0 radical (unpaired) electrons. The number of aliphatic carboxylic acids is 1. The molecule has 1 aliphatic rings. The molecule has 2 rings (SSSR count). The molecule has 1 aromatic rings. The number of halogens is 2. The average Bonchev–Trinajstić information content (AvgIpc) is 2.12. The summed E-state index contributed by atoms with van der Waals surface area (Å²) in [6.45, 7) is 0. The van der Waals surface area contributed by atoms with Crippen LogP contribution in [-0.4, -0.2) is 11.1 Å². The molecule has 0 heterocycles. The Morgan fingerprint density at radius 2 is 2.13 bits per heavy atom. The van der Waals surface area contributed by atoms with Crippen molar-refractivity contribution in [2.24, 2.45) is 5.92 Å². The maximum Gasteiger partial charge on any atom is 0.306 e. The molecule has 1 saturated carbocycles. The van der Waals surface area contributed by atoms with Crippen molar-refractivity contribution < 1.29 is 18.7 Å². The first kappa shape index (κ1) is 10.1. The third-order valence-corrected chi connectivity index (χ3v) is 2.83. The van der Waals surface area contributed by atoms with Gasteiger partial charge in [0.2, 0.25) is 0 Å². The van der Waals surface area contributed by atoms with E-state index in [1.165, 1.54) is 18.2 Å². The molecule has 80 valence electrons. The lowest BCUT2D eigenvalue weighted by Gasteiger charge is -2.39. The summed E-state index contributed by atoms with van der Waals surface area (Å²) in [5.41, 5.74) is -1.43. The van der Waals surface area contributed by atoms with E-state index in [4.69, 9.17) is 5.11 Å². The summed E-state index contributed by atoms with van der Waals surface area (Å²) < 4.78 is 26.8. The van der Waals surface area contributed by atoms with E-state index in [-0.39, 0.29) is 18.4 Å². The van der Waals surface area contributed by atoms with Crippen molar-refractivity contribution >= 4 is 5.97 Å². The van der Waals surface area contributed by atoms with E-state index < -0.39 is 23.4 Å². The second-order valence-electron chi connectivity index (χ2n) is 3.92. The summed E-state index contributed by atoms with van der Waals surface area (Å²) in [6, 6.07) is 5.28. The van der Waals surface area contributed by atoms with Crippen LogP contribution in [0.5, 0.6) is 0 Å². The second-order valence-corrected chi connectivity index (χ2v) is 3.92. The monoisotopic (exact) mass is 212 g/mol. The van der Waals surface area contributed by atoms with Crippen molar-refractivity contribution in [3.8, 4) is 0 Å². The highest BCUT2D eigenvalue weighted by Crippen LogP contribution is 2.49. The number of benzene rings is 1. The van der Waals surface area contributed by atoms with Gasteiger partial charge in [-0.1, -0.05) is 12.1 Å². The second kappa shape index (κ2) is 3.29. The Labute approximate surface area is 85.5 Å². The van der Waals surface area contributed by atoms with Gasteiger partial charge in [-0.2, -0.15) is 0 Å². The van der Waals surface area contributed by atoms with E-state index in [0.29, 0.717) is 0 Å². The number of hydrogen-bond donors (Lipinski definition) is 1. The molecule has 0 amide bonds. The predicted octanol–water partition coefficient (Wildman–Crippen LogP) is 2.49. The van der Waals surface area contributed by atoms with E-state index in [9.17, 15) is 13.6 Å². The van der Waals surface area contributed by atoms with Gasteiger partial charge in [0.15, 0.2) is 0 Å². The Morgan fingerprint density at radius 3 is 2.67 bits per heavy atom. The minimum absolute atomic E-state index is 0.0637. The zero-order valence-electron chi connectivity index (χ0n) is 7.91. The fraction of sp³-hybridized carbons (Fsp3) is 0.364. The van der Waals surface area contributed by atoms with Gasteiger partial charge in [-0.3, -0.25) is 4.79 Å². The highest BCUT2D eigenvalue weighted by molar-refractivity contribution is 5.71. The lowest BCUT2D eigenvalue weighted by atomic mass is 9.69. The number of carbonyl (C=O) groups is 1. The molecule has 1 aromatic carbocycles. The first-order valence-electron chi connectivity index (χ1n) is 4.69. The van der Waals surface area contributed by atoms with Crippen LogP contribution in [0, 0.1) is 11.7 Å². The van der Waals surface area contributed by atoms with Crippen molar-refractivity contribution in [2.45, 2.75) is 18.5 Å². The fourth-order valence-electron chi connectivity index (χ4n) is 1.90. The molecule has 0 saturated heterocycles. The highest BCUT2D eigenvalue weighted by Gasteiger charge is 2.49. The topological polar surface area (TPSA) is 37.3 Å². The highest BCUT2D eigenvalue weighted by atomic mass is 19.1. The summed E-state index contributed by atoms with van der Waals surface area (Å²) in [4.78, 5) is 10.5. The van der Waals surface area contributed by atoms with Crippen LogP contribution in [0.3, 0.4) is 0 Å². The van der Waals surface area contributed by atoms with E-state index in [0.717, 1.165) is 6.07 Å². The van der Waals surface area contributed by atoms with Gasteiger partial charge in [0.25, 0.3) is 0 Å². The summed E-state index contributed by atoms with van der Waals surface area (Å²) in [7, 11) is 0. The Bertz CT molecular complexity index is 397. The zero-order valence-corrected chi connectivity index (χ0v) is 7.91. The van der Waals surface area contributed by atoms with Crippen LogP contribution >= 0.6 is 0 Å². The molecule has 4 heteroatoms. The van der Waals surface area contributed by atoms with Crippen LogP contribution in [-0.2, 0) is 10.5 Å². The minimum Gasteiger partial charge on any atom is -0.481 e. The number of carboxylic acids is 1. The number of carboxylic acid groups (broad SMARTS) is 1. The van der Waals surface area contributed by atoms with E-state index >= 15 is 0 Å². The molecule has 2 nitrogen and oxygen atoms in total. The van der Waals surface area contributed by atoms with Crippen molar-refractivity contribution in [3.05, 3.63) is 35.6 Å². The van der Waals surface area contributed by atoms with Crippen molar-refractivity contribution in [1.82, 2.24) is 0 Å². The molecule has 15 heavy (non-hydrogen) atoms. The Kier molecular flexibility index (Phi) is 2.21. The van der Waals surface area contributed by atoms with E-state index in [1.807, 2.05) is 0 Å². The van der Waals surface area contributed by atoms with Gasteiger partial charge >= 0.3 is 5.97 Å². The number of hydrogen-bond acceptors (Lipinski definition) is 1. The maximum absolute atomic E-state index is 14.0. The molecule has 0 aliphatic heterocycles. The minimum atomic E-state index is -1.66. The van der Waals surface area contributed by atoms with Gasteiger partial charge in [-0.25, -0.2) is 8.78 Å². The van der Waals surface area contributed by atoms with Crippen molar-refractivity contribution in [1.29, 1.82) is 0 Å². The Balaban J connectivity index is 2.16. The number of rotatable bonds is 2. The van der Waals surface area contributed by atoms with Crippen LogP contribution in [0.15, 0.2) is 24.3 Å². The summed E-state index contributed by atoms with van der Waals surface area (Å²) in [5, 5.41) is 8.63. The largest absolute Gasteiger partial charge is 0.481 e. The van der Waals surface area contributed by atoms with Crippen molar-refractivity contribution in [2.75, 3.05) is 0 Å². The zero-order chi connectivity index (χ0) is 11.1. The lowest BCUT2D eigenvalue weighted by molar-refractivity contribution is -0.152. The van der Waals surface area contributed by atoms with Crippen LogP contribution in [0.2, 0.25) is 0 Å². The molecule has 0 spiro atoms. The van der Waals surface area contributed by atoms with Gasteiger partial charge in [0.1, 0.15) is 11.5 Å². The molecule has 1 N–H and O–H groups in total. The van der Waals surface area contributed by atoms with Gasteiger partial charge in [-0.15, -0.1) is 0 Å².